The molecule has 1 atom stereocenters. The van der Waals surface area contributed by atoms with Crippen molar-refractivity contribution in [1.29, 1.82) is 0 Å². The van der Waals surface area contributed by atoms with E-state index in [0.717, 1.165) is 22.7 Å². The van der Waals surface area contributed by atoms with Crippen LogP contribution in [0.5, 0.6) is 0 Å². The first-order valence-corrected chi connectivity index (χ1v) is 15.5. The maximum Gasteiger partial charge on any atom is 0.264 e. The van der Waals surface area contributed by atoms with Crippen LogP contribution in [-0.4, -0.2) is 44.3 Å². The number of aryl methyl sites for hydroxylation is 1. The van der Waals surface area contributed by atoms with E-state index in [0.29, 0.717) is 12.1 Å². The average molecular weight is 623 g/mol. The number of halogens is 3. The Kier molecular flexibility index (Phi) is 11.6. The van der Waals surface area contributed by atoms with Gasteiger partial charge in [0.25, 0.3) is 10.0 Å². The maximum absolute atomic E-state index is 14.0. The largest absolute Gasteiger partial charge is 0.354 e. The van der Waals surface area contributed by atoms with E-state index in [1.165, 1.54) is 59.5 Å². The summed E-state index contributed by atoms with van der Waals surface area (Å²) in [5.74, 6) is -1.42. The van der Waals surface area contributed by atoms with E-state index in [9.17, 15) is 22.4 Å². The summed E-state index contributed by atoms with van der Waals surface area (Å²) >= 11 is 12.4. The Morgan fingerprint density at radius 3 is 2.12 bits per heavy atom. The van der Waals surface area contributed by atoms with E-state index < -0.39 is 34.3 Å². The monoisotopic (exact) mass is 621 g/mol. The van der Waals surface area contributed by atoms with Crippen molar-refractivity contribution in [2.24, 2.45) is 0 Å². The van der Waals surface area contributed by atoms with Gasteiger partial charge in [0, 0.05) is 23.1 Å². The first-order chi connectivity index (χ1) is 19.5. The Labute approximate surface area is 251 Å². The molecule has 0 aliphatic carbocycles. The summed E-state index contributed by atoms with van der Waals surface area (Å²) in [6, 6.07) is 15.2. The molecule has 0 heterocycles. The maximum atomic E-state index is 14.0. The summed E-state index contributed by atoms with van der Waals surface area (Å²) in [4.78, 5) is 28.5. The van der Waals surface area contributed by atoms with Gasteiger partial charge in [-0.2, -0.15) is 0 Å². The van der Waals surface area contributed by atoms with Crippen molar-refractivity contribution in [1.82, 2.24) is 10.2 Å². The van der Waals surface area contributed by atoms with Crippen LogP contribution in [0.1, 0.15) is 44.2 Å². The van der Waals surface area contributed by atoms with Crippen molar-refractivity contribution in [3.8, 4) is 0 Å². The van der Waals surface area contributed by atoms with E-state index in [4.69, 9.17) is 23.2 Å². The van der Waals surface area contributed by atoms with Gasteiger partial charge in [-0.05, 0) is 67.8 Å². The minimum absolute atomic E-state index is 0.0265. The first-order valence-electron chi connectivity index (χ1n) is 13.3. The molecule has 11 heteroatoms. The molecule has 41 heavy (non-hydrogen) atoms. The van der Waals surface area contributed by atoms with Crippen LogP contribution in [0.3, 0.4) is 0 Å². The smallest absolute Gasteiger partial charge is 0.264 e. The molecular formula is C30H34Cl2FN3O4S. The summed E-state index contributed by atoms with van der Waals surface area (Å²) in [5.41, 5.74) is 1.54. The third-order valence-corrected chi connectivity index (χ3v) is 8.73. The zero-order valence-corrected chi connectivity index (χ0v) is 25.6. The second-order valence-corrected chi connectivity index (χ2v) is 12.4. The van der Waals surface area contributed by atoms with Crippen LogP contribution in [0.2, 0.25) is 10.0 Å². The molecule has 3 aromatic rings. The van der Waals surface area contributed by atoms with Gasteiger partial charge in [0.05, 0.1) is 10.6 Å². The molecule has 0 saturated heterocycles. The van der Waals surface area contributed by atoms with Crippen LogP contribution in [-0.2, 0) is 26.2 Å². The number of nitrogens with zero attached hydrogens (tertiary/aromatic N) is 2. The van der Waals surface area contributed by atoms with Gasteiger partial charge in [0.2, 0.25) is 11.8 Å². The van der Waals surface area contributed by atoms with Crippen LogP contribution < -0.4 is 9.62 Å². The van der Waals surface area contributed by atoms with Gasteiger partial charge in [-0.3, -0.25) is 13.9 Å². The van der Waals surface area contributed by atoms with Gasteiger partial charge < -0.3 is 10.2 Å². The minimum Gasteiger partial charge on any atom is -0.354 e. The summed E-state index contributed by atoms with van der Waals surface area (Å²) in [6.07, 6.45) is 1.92. The molecule has 3 aromatic carbocycles. The predicted molar refractivity (Wildman–Crippen MR) is 161 cm³/mol. The molecule has 0 aliphatic rings. The summed E-state index contributed by atoms with van der Waals surface area (Å²) in [6.45, 7) is 5.38. The molecule has 0 aliphatic heterocycles. The van der Waals surface area contributed by atoms with Crippen LogP contribution in [0, 0.1) is 12.7 Å². The molecule has 0 spiro atoms. The summed E-state index contributed by atoms with van der Waals surface area (Å²) < 4.78 is 42.4. The SMILES string of the molecule is CCCCNC(=O)C(CC)N(Cc1ccc(F)cc1)C(=O)CN(c1cc(Cl)cc(Cl)c1)S(=O)(=O)c1ccc(C)cc1. The number of sulfonamides is 1. The number of rotatable bonds is 13. The molecular weight excluding hydrogens is 588 g/mol. The predicted octanol–water partition coefficient (Wildman–Crippen LogP) is 6.36. The molecule has 220 valence electrons. The van der Waals surface area contributed by atoms with E-state index >= 15 is 0 Å². The second-order valence-electron chi connectivity index (χ2n) is 9.67. The standard InChI is InChI=1S/C30H34Cl2FN3O4S/c1-4-6-15-34-30(38)28(5-2)35(19-22-9-11-25(33)12-10-22)29(37)20-36(26-17-23(31)16-24(32)18-26)41(39,40)27-13-7-21(3)8-14-27/h7-14,16-18,28H,4-6,15,19-20H2,1-3H3,(H,34,38). The molecule has 7 nitrogen and oxygen atoms in total. The number of hydrogen-bond donors (Lipinski definition) is 1. The molecule has 2 amide bonds. The fourth-order valence-electron chi connectivity index (χ4n) is 4.26. The number of nitrogens with one attached hydrogen (secondary N) is 1. The Bertz CT molecular complexity index is 1430. The van der Waals surface area contributed by atoms with Crippen LogP contribution >= 0.6 is 23.2 Å². The zero-order valence-electron chi connectivity index (χ0n) is 23.2. The van der Waals surface area contributed by atoms with Gasteiger partial charge in [0.1, 0.15) is 18.4 Å². The molecule has 1 unspecified atom stereocenters. The second kappa shape index (κ2) is 14.7. The van der Waals surface area contributed by atoms with Crippen molar-refractivity contribution < 1.29 is 22.4 Å². The molecule has 0 radical (unpaired) electrons. The molecule has 0 fully saturated rings. The molecule has 0 bridgehead atoms. The Hall–Kier alpha value is -3.14. The summed E-state index contributed by atoms with van der Waals surface area (Å²) in [7, 11) is -4.26. The zero-order chi connectivity index (χ0) is 30.2. The Morgan fingerprint density at radius 1 is 0.951 bits per heavy atom. The Morgan fingerprint density at radius 2 is 1.56 bits per heavy atom. The highest BCUT2D eigenvalue weighted by Gasteiger charge is 2.34. The van der Waals surface area contributed by atoms with E-state index in [1.807, 2.05) is 13.8 Å². The number of benzene rings is 3. The molecule has 0 aromatic heterocycles. The highest BCUT2D eigenvalue weighted by molar-refractivity contribution is 7.92. The number of hydrogen-bond acceptors (Lipinski definition) is 4. The van der Waals surface area contributed by atoms with Crippen molar-refractivity contribution in [3.63, 3.8) is 0 Å². The third kappa shape index (κ3) is 8.67. The van der Waals surface area contributed by atoms with Gasteiger partial charge in [-0.1, -0.05) is 73.3 Å². The van der Waals surface area contributed by atoms with Gasteiger partial charge >= 0.3 is 0 Å². The number of unbranched alkanes of at least 4 members (excludes halogenated alkanes) is 1. The first kappa shape index (κ1) is 32.4. The quantitative estimate of drug-likeness (QED) is 0.225. The number of carbonyl (C=O) groups excluding carboxylic acids is 2. The van der Waals surface area contributed by atoms with E-state index in [2.05, 4.69) is 5.32 Å². The van der Waals surface area contributed by atoms with Gasteiger partial charge in [-0.15, -0.1) is 0 Å². The topological polar surface area (TPSA) is 86.8 Å². The van der Waals surface area contributed by atoms with Crippen molar-refractivity contribution in [2.75, 3.05) is 17.4 Å². The fraction of sp³-hybridized carbons (Fsp3) is 0.333. The summed E-state index contributed by atoms with van der Waals surface area (Å²) in [5, 5.41) is 3.24. The van der Waals surface area contributed by atoms with E-state index in [1.54, 1.807) is 19.1 Å². The van der Waals surface area contributed by atoms with Crippen LogP contribution in [0.15, 0.2) is 71.6 Å². The lowest BCUT2D eigenvalue weighted by Crippen LogP contribution is -2.52. The highest BCUT2D eigenvalue weighted by Crippen LogP contribution is 2.30. The minimum atomic E-state index is -4.26. The molecule has 3 rings (SSSR count). The molecule has 0 saturated carbocycles. The van der Waals surface area contributed by atoms with Crippen molar-refractivity contribution in [3.05, 3.63) is 93.7 Å². The fourth-order valence-corrected chi connectivity index (χ4v) is 6.17. The van der Waals surface area contributed by atoms with Crippen LogP contribution in [0.25, 0.3) is 0 Å². The number of carbonyl (C=O) groups is 2. The highest BCUT2D eigenvalue weighted by atomic mass is 35.5. The molecule has 1 N–H and O–H groups in total. The van der Waals surface area contributed by atoms with Crippen molar-refractivity contribution in [2.45, 2.75) is 57.5 Å². The average Bonchev–Trinajstić information content (AvgIpc) is 2.92. The van der Waals surface area contributed by atoms with Crippen LogP contribution in [0.4, 0.5) is 10.1 Å². The Balaban J connectivity index is 2.06. The van der Waals surface area contributed by atoms with Gasteiger partial charge in [-0.25, -0.2) is 12.8 Å². The number of amides is 2. The normalized spacial score (nSPS) is 12.0. The lowest BCUT2D eigenvalue weighted by molar-refractivity contribution is -0.140. The third-order valence-electron chi connectivity index (χ3n) is 6.50. The number of anilines is 1. The van der Waals surface area contributed by atoms with Gasteiger partial charge in [0.15, 0.2) is 0 Å². The van der Waals surface area contributed by atoms with Crippen molar-refractivity contribution >= 4 is 50.7 Å². The lowest BCUT2D eigenvalue weighted by atomic mass is 10.1. The van der Waals surface area contributed by atoms with E-state index in [-0.39, 0.29) is 39.5 Å². The lowest BCUT2D eigenvalue weighted by Gasteiger charge is -2.33.